The summed E-state index contributed by atoms with van der Waals surface area (Å²) in [7, 11) is 1.51. The molecule has 3 rings (SSSR count). The van der Waals surface area contributed by atoms with Crippen molar-refractivity contribution in [3.05, 3.63) is 48.0 Å². The largest absolute Gasteiger partial charge is 0.504 e. The lowest BCUT2D eigenvalue weighted by atomic mass is 9.87. The number of ether oxygens (including phenoxy) is 1. The number of methoxy groups -OCH3 is 1. The van der Waals surface area contributed by atoms with E-state index >= 15 is 0 Å². The number of phenols is 1. The van der Waals surface area contributed by atoms with Gasteiger partial charge in [-0.1, -0.05) is 45.0 Å². The molecule has 2 N–H and O–H groups in total. The molecule has 0 fully saturated rings. The Kier molecular flexibility index (Phi) is 4.01. The lowest BCUT2D eigenvalue weighted by molar-refractivity contribution is 0.373. The Balaban J connectivity index is 1.91. The third-order valence-electron chi connectivity index (χ3n) is 3.95. The molecule has 124 valence electrons. The van der Waals surface area contributed by atoms with E-state index in [-0.39, 0.29) is 11.2 Å². The molecule has 0 aliphatic rings. The first-order valence-electron chi connectivity index (χ1n) is 7.79. The van der Waals surface area contributed by atoms with Crippen LogP contribution in [0.1, 0.15) is 26.3 Å². The van der Waals surface area contributed by atoms with Gasteiger partial charge in [-0.2, -0.15) is 5.10 Å². The Hall–Kier alpha value is -2.82. The molecule has 5 heteroatoms. The van der Waals surface area contributed by atoms with Crippen LogP contribution < -0.4 is 4.74 Å². The van der Waals surface area contributed by atoms with Crippen LogP contribution in [0.2, 0.25) is 0 Å². The zero-order valence-corrected chi connectivity index (χ0v) is 14.3. The van der Waals surface area contributed by atoms with Gasteiger partial charge in [-0.25, -0.2) is 4.98 Å². The van der Waals surface area contributed by atoms with Crippen molar-refractivity contribution in [2.45, 2.75) is 26.2 Å². The van der Waals surface area contributed by atoms with Crippen LogP contribution in [0, 0.1) is 0 Å². The molecule has 0 spiro atoms. The van der Waals surface area contributed by atoms with E-state index < -0.39 is 0 Å². The molecule has 2 aromatic carbocycles. The van der Waals surface area contributed by atoms with Gasteiger partial charge in [0.2, 0.25) is 0 Å². The van der Waals surface area contributed by atoms with Crippen molar-refractivity contribution in [2.24, 2.45) is 0 Å². The maximum Gasteiger partial charge on any atom is 0.181 e. The van der Waals surface area contributed by atoms with E-state index in [1.54, 1.807) is 18.2 Å². The van der Waals surface area contributed by atoms with Crippen LogP contribution in [-0.2, 0) is 5.41 Å². The van der Waals surface area contributed by atoms with Crippen molar-refractivity contribution < 1.29 is 9.84 Å². The van der Waals surface area contributed by atoms with Gasteiger partial charge in [0.15, 0.2) is 23.1 Å². The molecule has 1 aromatic heterocycles. The van der Waals surface area contributed by atoms with Crippen molar-refractivity contribution in [1.29, 1.82) is 0 Å². The predicted octanol–water partition coefficient (Wildman–Crippen LogP) is 4.15. The van der Waals surface area contributed by atoms with Crippen molar-refractivity contribution in [3.63, 3.8) is 0 Å². The van der Waals surface area contributed by atoms with Crippen LogP contribution in [0.4, 0.5) is 0 Å². The SMILES string of the molecule is COc1cc(-c2n[nH]c(-c3ccc(C(C)(C)C)cc3)n2)ccc1O. The summed E-state index contributed by atoms with van der Waals surface area (Å²) >= 11 is 0. The van der Waals surface area contributed by atoms with E-state index in [9.17, 15) is 5.11 Å². The van der Waals surface area contributed by atoms with Gasteiger partial charge in [-0.05, 0) is 29.2 Å². The van der Waals surface area contributed by atoms with Gasteiger partial charge in [-0.15, -0.1) is 0 Å². The zero-order chi connectivity index (χ0) is 17.3. The summed E-state index contributed by atoms with van der Waals surface area (Å²) in [6.45, 7) is 6.56. The third-order valence-corrected chi connectivity index (χ3v) is 3.95. The molecule has 5 nitrogen and oxygen atoms in total. The van der Waals surface area contributed by atoms with Gasteiger partial charge in [0, 0.05) is 11.1 Å². The van der Waals surface area contributed by atoms with Crippen LogP contribution in [-0.4, -0.2) is 27.4 Å². The highest BCUT2D eigenvalue weighted by molar-refractivity contribution is 5.64. The summed E-state index contributed by atoms with van der Waals surface area (Å²) < 4.78 is 5.13. The Morgan fingerprint density at radius 3 is 2.29 bits per heavy atom. The first kappa shape index (κ1) is 16.1. The molecular weight excluding hydrogens is 302 g/mol. The second-order valence-electron chi connectivity index (χ2n) is 6.72. The second kappa shape index (κ2) is 6.00. The molecule has 1 heterocycles. The molecule has 0 atom stereocenters. The fourth-order valence-electron chi connectivity index (χ4n) is 2.46. The number of benzene rings is 2. The summed E-state index contributed by atoms with van der Waals surface area (Å²) in [5.41, 5.74) is 3.15. The highest BCUT2D eigenvalue weighted by atomic mass is 16.5. The van der Waals surface area contributed by atoms with Crippen molar-refractivity contribution >= 4 is 0 Å². The lowest BCUT2D eigenvalue weighted by Gasteiger charge is -2.18. The van der Waals surface area contributed by atoms with Crippen LogP contribution in [0.3, 0.4) is 0 Å². The predicted molar refractivity (Wildman–Crippen MR) is 94.2 cm³/mol. The topological polar surface area (TPSA) is 71.0 Å². The summed E-state index contributed by atoms with van der Waals surface area (Å²) in [4.78, 5) is 4.54. The Morgan fingerprint density at radius 1 is 1.00 bits per heavy atom. The van der Waals surface area contributed by atoms with E-state index in [1.165, 1.54) is 12.7 Å². The normalized spacial score (nSPS) is 11.5. The van der Waals surface area contributed by atoms with Gasteiger partial charge >= 0.3 is 0 Å². The van der Waals surface area contributed by atoms with Crippen molar-refractivity contribution in [3.8, 4) is 34.3 Å². The summed E-state index contributed by atoms with van der Waals surface area (Å²) in [6, 6.07) is 13.4. The number of nitrogens with zero attached hydrogens (tertiary/aromatic N) is 2. The Labute approximate surface area is 141 Å². The van der Waals surface area contributed by atoms with E-state index in [2.05, 4.69) is 48.1 Å². The quantitative estimate of drug-likeness (QED) is 0.759. The van der Waals surface area contributed by atoms with Crippen LogP contribution in [0.15, 0.2) is 42.5 Å². The van der Waals surface area contributed by atoms with E-state index in [1.807, 2.05) is 12.1 Å². The van der Waals surface area contributed by atoms with Gasteiger partial charge < -0.3 is 9.84 Å². The monoisotopic (exact) mass is 323 g/mol. The van der Waals surface area contributed by atoms with Gasteiger partial charge in [0.25, 0.3) is 0 Å². The van der Waals surface area contributed by atoms with Crippen molar-refractivity contribution in [2.75, 3.05) is 7.11 Å². The number of hydrogen-bond donors (Lipinski definition) is 2. The van der Waals surface area contributed by atoms with E-state index in [0.717, 1.165) is 11.1 Å². The summed E-state index contributed by atoms with van der Waals surface area (Å²) in [5, 5.41) is 16.9. The van der Waals surface area contributed by atoms with Gasteiger partial charge in [-0.3, -0.25) is 5.10 Å². The van der Waals surface area contributed by atoms with Gasteiger partial charge in [0.05, 0.1) is 7.11 Å². The number of aromatic nitrogens is 3. The second-order valence-corrected chi connectivity index (χ2v) is 6.72. The molecule has 0 unspecified atom stereocenters. The van der Waals surface area contributed by atoms with E-state index in [4.69, 9.17) is 4.74 Å². The Morgan fingerprint density at radius 2 is 1.67 bits per heavy atom. The first-order chi connectivity index (χ1) is 11.4. The molecular formula is C19H21N3O2. The molecule has 0 saturated heterocycles. The molecule has 24 heavy (non-hydrogen) atoms. The molecule has 0 aliphatic heterocycles. The minimum absolute atomic E-state index is 0.0924. The maximum atomic E-state index is 9.68. The molecule has 0 amide bonds. The molecule has 0 aliphatic carbocycles. The average Bonchev–Trinajstić information content (AvgIpc) is 3.04. The number of aromatic amines is 1. The fourth-order valence-corrected chi connectivity index (χ4v) is 2.46. The smallest absolute Gasteiger partial charge is 0.181 e. The van der Waals surface area contributed by atoms with Gasteiger partial charge in [0.1, 0.15) is 0 Å². The standard InChI is InChI=1S/C19H21N3O2/c1-19(2,3)14-8-5-12(6-9-14)17-20-18(22-21-17)13-7-10-15(23)16(11-13)24-4/h5-11,23H,1-4H3,(H,20,21,22). The molecule has 3 aromatic rings. The number of hydrogen-bond acceptors (Lipinski definition) is 4. The minimum atomic E-state index is 0.0924. The molecule has 0 bridgehead atoms. The Bertz CT molecular complexity index is 846. The van der Waals surface area contributed by atoms with Crippen molar-refractivity contribution in [1.82, 2.24) is 15.2 Å². The number of phenolic OH excluding ortho intramolecular Hbond substituents is 1. The number of nitrogens with one attached hydrogen (secondary N) is 1. The number of H-pyrrole nitrogens is 1. The maximum absolute atomic E-state index is 9.68. The first-order valence-corrected chi connectivity index (χ1v) is 7.79. The fraction of sp³-hybridized carbons (Fsp3) is 0.263. The third kappa shape index (κ3) is 3.11. The lowest BCUT2D eigenvalue weighted by Crippen LogP contribution is -2.10. The van der Waals surface area contributed by atoms with Crippen LogP contribution >= 0.6 is 0 Å². The highest BCUT2D eigenvalue weighted by Crippen LogP contribution is 2.31. The summed E-state index contributed by atoms with van der Waals surface area (Å²) in [6.07, 6.45) is 0. The number of aromatic hydroxyl groups is 1. The van der Waals surface area contributed by atoms with Crippen LogP contribution in [0.25, 0.3) is 22.8 Å². The number of rotatable bonds is 3. The summed E-state index contributed by atoms with van der Waals surface area (Å²) in [5.74, 6) is 1.75. The molecule has 0 radical (unpaired) electrons. The van der Waals surface area contributed by atoms with E-state index in [0.29, 0.717) is 17.4 Å². The van der Waals surface area contributed by atoms with Crippen LogP contribution in [0.5, 0.6) is 11.5 Å². The zero-order valence-electron chi connectivity index (χ0n) is 14.3. The highest BCUT2D eigenvalue weighted by Gasteiger charge is 2.14. The minimum Gasteiger partial charge on any atom is -0.504 e. The average molecular weight is 323 g/mol. The molecule has 0 saturated carbocycles.